The van der Waals surface area contributed by atoms with Crippen molar-refractivity contribution in [1.29, 1.82) is 0 Å². The third kappa shape index (κ3) is 3.22. The Kier molecular flexibility index (Phi) is 5.08. The molecule has 10 heteroatoms. The van der Waals surface area contributed by atoms with Crippen molar-refractivity contribution < 1.29 is 22.3 Å². The second-order valence-electron chi connectivity index (χ2n) is 5.86. The maximum Gasteiger partial charge on any atom is 0.339 e. The van der Waals surface area contributed by atoms with Gasteiger partial charge in [0.15, 0.2) is 0 Å². The molecule has 1 aromatic carbocycles. The van der Waals surface area contributed by atoms with Gasteiger partial charge in [-0.3, -0.25) is 0 Å². The Hall–Kier alpha value is -2.30. The highest BCUT2D eigenvalue weighted by atomic mass is 32.2. The summed E-state index contributed by atoms with van der Waals surface area (Å²) in [4.78, 5) is 15.9. The van der Waals surface area contributed by atoms with Crippen LogP contribution in [0.3, 0.4) is 0 Å². The highest BCUT2D eigenvalue weighted by Crippen LogP contribution is 2.30. The van der Waals surface area contributed by atoms with E-state index in [4.69, 9.17) is 0 Å². The van der Waals surface area contributed by atoms with Crippen molar-refractivity contribution in [2.45, 2.75) is 10.9 Å². The number of nitrogens with zero attached hydrogens (tertiary/aromatic N) is 3. The zero-order chi connectivity index (χ0) is 18.9. The van der Waals surface area contributed by atoms with Gasteiger partial charge in [0.05, 0.1) is 23.6 Å². The van der Waals surface area contributed by atoms with E-state index in [1.165, 1.54) is 4.31 Å². The summed E-state index contributed by atoms with van der Waals surface area (Å²) in [6.07, 6.45) is 3.32. The predicted octanol–water partition coefficient (Wildman–Crippen LogP) is 0.681. The summed E-state index contributed by atoms with van der Waals surface area (Å²) in [5.74, 6) is -1.06. The number of halogens is 1. The van der Waals surface area contributed by atoms with E-state index < -0.39 is 27.9 Å². The summed E-state index contributed by atoms with van der Waals surface area (Å²) in [5.41, 5.74) is -0.329. The van der Waals surface area contributed by atoms with Gasteiger partial charge in [-0.25, -0.2) is 22.6 Å². The molecule has 1 atom stereocenters. The minimum atomic E-state index is -4.08. The fraction of sp³-hybridized carbons (Fsp3) is 0.375. The first-order valence-corrected chi connectivity index (χ1v) is 9.38. The molecule has 2 heterocycles. The van der Waals surface area contributed by atoms with Gasteiger partial charge in [0.1, 0.15) is 11.6 Å². The topological polar surface area (TPSA) is 93.5 Å². The molecule has 8 nitrogen and oxygen atoms in total. The Bertz CT molecular complexity index is 928. The van der Waals surface area contributed by atoms with Crippen molar-refractivity contribution in [3.63, 3.8) is 0 Å². The number of aryl methyl sites for hydroxylation is 1. The second-order valence-corrected chi connectivity index (χ2v) is 7.72. The number of hydrogen-bond acceptors (Lipinski definition) is 6. The van der Waals surface area contributed by atoms with E-state index in [0.29, 0.717) is 18.9 Å². The highest BCUT2D eigenvalue weighted by molar-refractivity contribution is 7.89. The standard InChI is InChI=1S/C16H19FN4O4S/c1-20-7-6-19-15(20)13-10-18-5-8-21(13)26(23,24)14-4-3-11(17)9-12(14)16(22)25-2/h3-4,6-7,9,13,18H,5,8,10H2,1-2H3. The summed E-state index contributed by atoms with van der Waals surface area (Å²) < 4.78 is 47.8. The largest absolute Gasteiger partial charge is 0.465 e. The van der Waals surface area contributed by atoms with Gasteiger partial charge in [-0.15, -0.1) is 0 Å². The number of carbonyl (C=O) groups is 1. The van der Waals surface area contributed by atoms with Gasteiger partial charge in [-0.05, 0) is 18.2 Å². The van der Waals surface area contributed by atoms with Gasteiger partial charge in [-0.2, -0.15) is 4.31 Å². The van der Waals surface area contributed by atoms with Crippen LogP contribution in [-0.4, -0.2) is 55.0 Å². The number of sulfonamides is 1. The number of aromatic nitrogens is 2. The lowest BCUT2D eigenvalue weighted by Gasteiger charge is -2.35. The Morgan fingerprint density at radius 1 is 1.42 bits per heavy atom. The molecule has 1 unspecified atom stereocenters. The summed E-state index contributed by atoms with van der Waals surface area (Å²) in [7, 11) is -1.19. The molecule has 140 valence electrons. The number of carbonyl (C=O) groups excluding carboxylic acids is 1. The average molecular weight is 382 g/mol. The monoisotopic (exact) mass is 382 g/mol. The number of imidazole rings is 1. The molecule has 0 bridgehead atoms. The number of esters is 1. The van der Waals surface area contributed by atoms with Crippen LogP contribution in [0.5, 0.6) is 0 Å². The molecule has 0 saturated carbocycles. The Morgan fingerprint density at radius 3 is 2.85 bits per heavy atom. The van der Waals surface area contributed by atoms with Crippen LogP contribution >= 0.6 is 0 Å². The minimum Gasteiger partial charge on any atom is -0.465 e. The van der Waals surface area contributed by atoms with Gasteiger partial charge < -0.3 is 14.6 Å². The SMILES string of the molecule is COC(=O)c1cc(F)ccc1S(=O)(=O)N1CCNCC1c1nccn1C. The zero-order valence-corrected chi connectivity index (χ0v) is 15.2. The van der Waals surface area contributed by atoms with Crippen molar-refractivity contribution in [3.05, 3.63) is 47.8 Å². The van der Waals surface area contributed by atoms with Crippen LogP contribution in [0.4, 0.5) is 4.39 Å². The number of methoxy groups -OCH3 is 1. The van der Waals surface area contributed by atoms with Gasteiger partial charge in [0, 0.05) is 39.1 Å². The van der Waals surface area contributed by atoms with Crippen LogP contribution < -0.4 is 5.32 Å². The fourth-order valence-electron chi connectivity index (χ4n) is 3.01. The van der Waals surface area contributed by atoms with E-state index in [-0.39, 0.29) is 17.0 Å². The summed E-state index contributed by atoms with van der Waals surface area (Å²) in [6.45, 7) is 1.02. The first-order chi connectivity index (χ1) is 12.4. The number of hydrogen-bond donors (Lipinski definition) is 1. The molecule has 0 spiro atoms. The number of rotatable bonds is 4. The Labute approximate surface area is 150 Å². The molecule has 0 amide bonds. The first-order valence-electron chi connectivity index (χ1n) is 7.94. The van der Waals surface area contributed by atoms with Crippen LogP contribution in [0.25, 0.3) is 0 Å². The van der Waals surface area contributed by atoms with Crippen molar-refractivity contribution in [2.75, 3.05) is 26.7 Å². The maximum atomic E-state index is 13.6. The number of ether oxygens (including phenoxy) is 1. The lowest BCUT2D eigenvalue weighted by atomic mass is 10.2. The maximum absolute atomic E-state index is 13.6. The molecule has 1 aliphatic heterocycles. The van der Waals surface area contributed by atoms with E-state index in [1.807, 2.05) is 0 Å². The molecule has 2 aromatic rings. The molecular weight excluding hydrogens is 363 g/mol. The van der Waals surface area contributed by atoms with Crippen LogP contribution in [-0.2, 0) is 21.8 Å². The molecule has 1 aromatic heterocycles. The number of nitrogens with one attached hydrogen (secondary N) is 1. The quantitative estimate of drug-likeness (QED) is 0.782. The minimum absolute atomic E-state index is 0.192. The first kappa shape index (κ1) is 18.5. The second kappa shape index (κ2) is 7.14. The third-order valence-corrected chi connectivity index (χ3v) is 6.25. The van der Waals surface area contributed by atoms with Crippen LogP contribution in [0.1, 0.15) is 22.2 Å². The van der Waals surface area contributed by atoms with Crippen LogP contribution in [0.15, 0.2) is 35.5 Å². The molecule has 1 N–H and O–H groups in total. The number of benzene rings is 1. The molecule has 1 aliphatic rings. The van der Waals surface area contributed by atoms with Crippen LogP contribution in [0, 0.1) is 5.82 Å². The molecule has 1 saturated heterocycles. The number of piperazine rings is 1. The third-order valence-electron chi connectivity index (χ3n) is 4.28. The lowest BCUT2D eigenvalue weighted by Crippen LogP contribution is -2.49. The van der Waals surface area contributed by atoms with Crippen molar-refractivity contribution >= 4 is 16.0 Å². The van der Waals surface area contributed by atoms with E-state index >= 15 is 0 Å². The molecule has 3 rings (SSSR count). The average Bonchev–Trinajstić information content (AvgIpc) is 3.06. The van der Waals surface area contributed by atoms with Gasteiger partial charge in [-0.1, -0.05) is 0 Å². The van der Waals surface area contributed by atoms with Gasteiger partial charge >= 0.3 is 5.97 Å². The molecule has 0 aliphatic carbocycles. The van der Waals surface area contributed by atoms with E-state index in [0.717, 1.165) is 25.3 Å². The van der Waals surface area contributed by atoms with Crippen molar-refractivity contribution in [1.82, 2.24) is 19.2 Å². The zero-order valence-electron chi connectivity index (χ0n) is 14.3. The lowest BCUT2D eigenvalue weighted by molar-refractivity contribution is 0.0595. The van der Waals surface area contributed by atoms with Crippen LogP contribution in [0.2, 0.25) is 0 Å². The smallest absolute Gasteiger partial charge is 0.339 e. The molecule has 0 radical (unpaired) electrons. The molecular formula is C16H19FN4O4S. The van der Waals surface area contributed by atoms with E-state index in [1.54, 1.807) is 24.0 Å². The highest BCUT2D eigenvalue weighted by Gasteiger charge is 2.38. The predicted molar refractivity (Wildman–Crippen MR) is 90.5 cm³/mol. The van der Waals surface area contributed by atoms with Gasteiger partial charge in [0.25, 0.3) is 0 Å². The van der Waals surface area contributed by atoms with E-state index in [2.05, 4.69) is 15.0 Å². The molecule has 26 heavy (non-hydrogen) atoms. The molecule has 1 fully saturated rings. The Balaban J connectivity index is 2.09. The summed E-state index contributed by atoms with van der Waals surface area (Å²) >= 11 is 0. The normalized spacial score (nSPS) is 18.7. The summed E-state index contributed by atoms with van der Waals surface area (Å²) in [5, 5.41) is 3.15. The fourth-order valence-corrected chi connectivity index (χ4v) is 4.76. The van der Waals surface area contributed by atoms with E-state index in [9.17, 15) is 17.6 Å². The van der Waals surface area contributed by atoms with Crippen molar-refractivity contribution in [2.24, 2.45) is 7.05 Å². The van der Waals surface area contributed by atoms with Crippen molar-refractivity contribution in [3.8, 4) is 0 Å². The van der Waals surface area contributed by atoms with Gasteiger partial charge in [0.2, 0.25) is 10.0 Å². The Morgan fingerprint density at radius 2 is 2.19 bits per heavy atom. The summed E-state index contributed by atoms with van der Waals surface area (Å²) in [6, 6.07) is 2.42.